The molecule has 1 heterocycles. The molecule has 3 aromatic carbocycles. The molecule has 0 aliphatic heterocycles. The van der Waals surface area contributed by atoms with Crippen molar-refractivity contribution in [3.05, 3.63) is 92.3 Å². The summed E-state index contributed by atoms with van der Waals surface area (Å²) in [5.74, 6) is -1.16. The number of carbonyl (C=O) groups is 1. The molecule has 0 radical (unpaired) electrons. The number of aromatic nitrogens is 2. The van der Waals surface area contributed by atoms with E-state index in [4.69, 9.17) is 11.6 Å². The van der Waals surface area contributed by atoms with Crippen LogP contribution in [0.4, 0.5) is 5.69 Å². The SMILES string of the molecule is O=C(O)/C(=C\c1cc([N+](=O)[O-])ccc1Sc1ccc(Cl)cc1)Sc1nc2ccccc2[nH]1. The molecule has 0 atom stereocenters. The molecule has 10 heteroatoms. The average Bonchev–Trinajstić information content (AvgIpc) is 3.18. The third-order valence-corrected chi connectivity index (χ3v) is 6.57. The zero-order chi connectivity index (χ0) is 22.7. The number of aliphatic carboxylic acids is 1. The summed E-state index contributed by atoms with van der Waals surface area (Å²) < 4.78 is 0. The van der Waals surface area contributed by atoms with E-state index in [1.807, 2.05) is 36.4 Å². The Morgan fingerprint density at radius 1 is 1.12 bits per heavy atom. The van der Waals surface area contributed by atoms with Crippen molar-refractivity contribution in [1.82, 2.24) is 9.97 Å². The molecule has 0 saturated carbocycles. The number of nitrogens with one attached hydrogen (secondary N) is 1. The number of benzene rings is 3. The molecule has 0 saturated heterocycles. The molecule has 32 heavy (non-hydrogen) atoms. The van der Waals surface area contributed by atoms with E-state index in [2.05, 4.69) is 9.97 Å². The molecule has 4 aromatic rings. The summed E-state index contributed by atoms with van der Waals surface area (Å²) in [7, 11) is 0. The number of hydrogen-bond donors (Lipinski definition) is 2. The van der Waals surface area contributed by atoms with E-state index in [0.29, 0.717) is 26.2 Å². The minimum Gasteiger partial charge on any atom is -0.477 e. The van der Waals surface area contributed by atoms with Crippen molar-refractivity contribution in [2.75, 3.05) is 0 Å². The summed E-state index contributed by atoms with van der Waals surface area (Å²) in [4.78, 5) is 31.7. The molecule has 0 fully saturated rings. The highest BCUT2D eigenvalue weighted by atomic mass is 35.5. The molecular weight excluding hydrogens is 470 g/mol. The van der Waals surface area contributed by atoms with Crippen LogP contribution >= 0.6 is 35.1 Å². The molecule has 0 bridgehead atoms. The summed E-state index contributed by atoms with van der Waals surface area (Å²) >= 11 is 8.24. The number of nitro benzene ring substituents is 1. The van der Waals surface area contributed by atoms with Crippen molar-refractivity contribution < 1.29 is 14.8 Å². The van der Waals surface area contributed by atoms with Gasteiger partial charge in [0.2, 0.25) is 0 Å². The number of carboxylic acids is 1. The van der Waals surface area contributed by atoms with Gasteiger partial charge in [0.25, 0.3) is 5.69 Å². The first-order chi connectivity index (χ1) is 15.4. The van der Waals surface area contributed by atoms with Crippen LogP contribution in [-0.4, -0.2) is 26.0 Å². The standard InChI is InChI=1S/C22H14ClN3O4S2/c23-14-5-8-16(9-6-14)31-19-10-7-15(26(29)30)11-13(19)12-20(21(27)28)32-22-24-17-3-1-2-4-18(17)25-22/h1-12H,(H,24,25)(H,27,28)/b20-12+. The molecule has 1 aromatic heterocycles. The number of aromatic amines is 1. The van der Waals surface area contributed by atoms with Gasteiger partial charge in [0, 0.05) is 26.9 Å². The lowest BCUT2D eigenvalue weighted by atomic mass is 10.2. The van der Waals surface area contributed by atoms with Crippen molar-refractivity contribution >= 4 is 63.9 Å². The minimum atomic E-state index is -1.16. The Labute approximate surface area is 195 Å². The zero-order valence-corrected chi connectivity index (χ0v) is 18.6. The van der Waals surface area contributed by atoms with Gasteiger partial charge in [-0.05, 0) is 65.9 Å². The Kier molecular flexibility index (Phi) is 6.50. The number of carboxylic acid groups (broad SMARTS) is 1. The molecular formula is C22H14ClN3O4S2. The fourth-order valence-corrected chi connectivity index (χ4v) is 4.65. The van der Waals surface area contributed by atoms with Crippen LogP contribution in [0.3, 0.4) is 0 Å². The third-order valence-electron chi connectivity index (χ3n) is 4.32. The van der Waals surface area contributed by atoms with Crippen molar-refractivity contribution in [3.63, 3.8) is 0 Å². The predicted octanol–water partition coefficient (Wildman–Crippen LogP) is 6.49. The average molecular weight is 484 g/mol. The van der Waals surface area contributed by atoms with Gasteiger partial charge in [-0.3, -0.25) is 10.1 Å². The van der Waals surface area contributed by atoms with Crippen molar-refractivity contribution in [2.45, 2.75) is 14.9 Å². The molecule has 160 valence electrons. The maximum Gasteiger partial charge on any atom is 0.342 e. The molecule has 4 rings (SSSR count). The summed E-state index contributed by atoms with van der Waals surface area (Å²) in [6, 6.07) is 18.8. The van der Waals surface area contributed by atoms with Gasteiger partial charge in [-0.15, -0.1) is 0 Å². The normalized spacial score (nSPS) is 11.6. The van der Waals surface area contributed by atoms with Crippen LogP contribution in [-0.2, 0) is 4.79 Å². The molecule has 0 amide bonds. The number of hydrogen-bond acceptors (Lipinski definition) is 6. The third kappa shape index (κ3) is 5.13. The highest BCUT2D eigenvalue weighted by Crippen LogP contribution is 2.36. The van der Waals surface area contributed by atoms with Crippen LogP contribution < -0.4 is 0 Å². The Balaban J connectivity index is 1.73. The van der Waals surface area contributed by atoms with Crippen molar-refractivity contribution in [3.8, 4) is 0 Å². The largest absolute Gasteiger partial charge is 0.477 e. The smallest absolute Gasteiger partial charge is 0.342 e. The minimum absolute atomic E-state index is 0.0255. The number of para-hydroxylation sites is 2. The van der Waals surface area contributed by atoms with Gasteiger partial charge < -0.3 is 10.1 Å². The van der Waals surface area contributed by atoms with E-state index in [0.717, 1.165) is 22.2 Å². The van der Waals surface area contributed by atoms with Gasteiger partial charge in [0.15, 0.2) is 5.16 Å². The highest BCUT2D eigenvalue weighted by molar-refractivity contribution is 8.04. The maximum atomic E-state index is 12.0. The number of non-ortho nitro benzene ring substituents is 1. The summed E-state index contributed by atoms with van der Waals surface area (Å²) in [5.41, 5.74) is 1.79. The lowest BCUT2D eigenvalue weighted by molar-refractivity contribution is -0.384. The topological polar surface area (TPSA) is 109 Å². The van der Waals surface area contributed by atoms with E-state index in [9.17, 15) is 20.0 Å². The summed E-state index contributed by atoms with van der Waals surface area (Å²) in [5, 5.41) is 22.1. The molecule has 0 unspecified atom stereocenters. The molecule has 0 aliphatic rings. The van der Waals surface area contributed by atoms with Gasteiger partial charge in [0.1, 0.15) is 4.91 Å². The summed E-state index contributed by atoms with van der Waals surface area (Å²) in [6.45, 7) is 0. The van der Waals surface area contributed by atoms with E-state index >= 15 is 0 Å². The number of halogens is 1. The van der Waals surface area contributed by atoms with Gasteiger partial charge >= 0.3 is 5.97 Å². The Hall–Kier alpha value is -3.27. The first-order valence-electron chi connectivity index (χ1n) is 9.18. The Morgan fingerprint density at radius 2 is 1.88 bits per heavy atom. The summed E-state index contributed by atoms with van der Waals surface area (Å²) in [6.07, 6.45) is 1.42. The van der Waals surface area contributed by atoms with Crippen LogP contribution in [0.5, 0.6) is 0 Å². The number of thioether (sulfide) groups is 1. The number of fused-ring (bicyclic) bond motifs is 1. The number of imidazole rings is 1. The second kappa shape index (κ2) is 9.47. The number of H-pyrrole nitrogens is 1. The van der Waals surface area contributed by atoms with Crippen LogP contribution in [0.25, 0.3) is 17.1 Å². The molecule has 7 nitrogen and oxygen atoms in total. The Morgan fingerprint density at radius 3 is 2.56 bits per heavy atom. The number of nitrogens with zero attached hydrogens (tertiary/aromatic N) is 2. The predicted molar refractivity (Wildman–Crippen MR) is 126 cm³/mol. The monoisotopic (exact) mass is 483 g/mol. The fraction of sp³-hybridized carbons (Fsp3) is 0. The lowest BCUT2D eigenvalue weighted by Gasteiger charge is -2.08. The Bertz CT molecular complexity index is 1320. The maximum absolute atomic E-state index is 12.0. The zero-order valence-electron chi connectivity index (χ0n) is 16.2. The van der Waals surface area contributed by atoms with Crippen LogP contribution in [0.15, 0.2) is 86.6 Å². The second-order valence-corrected chi connectivity index (χ2v) is 9.09. The second-order valence-electron chi connectivity index (χ2n) is 6.51. The molecule has 0 spiro atoms. The van der Waals surface area contributed by atoms with E-state index < -0.39 is 10.9 Å². The first kappa shape index (κ1) is 21.9. The first-order valence-corrected chi connectivity index (χ1v) is 11.2. The van der Waals surface area contributed by atoms with Gasteiger partial charge in [-0.2, -0.15) is 0 Å². The van der Waals surface area contributed by atoms with Crippen molar-refractivity contribution in [2.24, 2.45) is 0 Å². The quantitative estimate of drug-likeness (QED) is 0.134. The van der Waals surface area contributed by atoms with Crippen molar-refractivity contribution in [1.29, 1.82) is 0 Å². The molecule has 2 N–H and O–H groups in total. The van der Waals surface area contributed by atoms with E-state index in [1.165, 1.54) is 30.0 Å². The van der Waals surface area contributed by atoms with E-state index in [1.54, 1.807) is 18.2 Å². The van der Waals surface area contributed by atoms with E-state index in [-0.39, 0.29) is 10.6 Å². The number of rotatable bonds is 7. The van der Waals surface area contributed by atoms with Gasteiger partial charge in [-0.25, -0.2) is 9.78 Å². The lowest BCUT2D eigenvalue weighted by Crippen LogP contribution is -1.98. The van der Waals surface area contributed by atoms with Crippen LogP contribution in [0.1, 0.15) is 5.56 Å². The number of nitro groups is 1. The van der Waals surface area contributed by atoms with Crippen LogP contribution in [0, 0.1) is 10.1 Å². The highest BCUT2D eigenvalue weighted by Gasteiger charge is 2.17. The van der Waals surface area contributed by atoms with Gasteiger partial charge in [-0.1, -0.05) is 35.5 Å². The molecule has 0 aliphatic carbocycles. The fourth-order valence-electron chi connectivity index (χ4n) is 2.84. The van der Waals surface area contributed by atoms with Crippen LogP contribution in [0.2, 0.25) is 5.02 Å². The van der Waals surface area contributed by atoms with Gasteiger partial charge in [0.05, 0.1) is 16.0 Å².